The Morgan fingerprint density at radius 1 is 1.55 bits per heavy atom. The van der Waals surface area contributed by atoms with Gasteiger partial charge in [0.25, 0.3) is 0 Å². The van der Waals surface area contributed by atoms with Crippen LogP contribution >= 0.6 is 11.3 Å². The average molecular weight is 292 g/mol. The number of carbonyl (C=O) groups is 2. The third-order valence-electron chi connectivity index (χ3n) is 3.26. The van der Waals surface area contributed by atoms with Crippen LogP contribution in [0.1, 0.15) is 22.6 Å². The standard InChI is InChI=1S/C13H16N4O2S/c14-6-9-3-4-10(20-9)8-16-13(19)11-2-1-5-17(11)12(18)7-15/h3-4,11H,1-2,5,7-8,15H2,(H,16,19). The zero-order valence-corrected chi connectivity index (χ0v) is 11.8. The number of nitrogens with one attached hydrogen (secondary N) is 1. The minimum Gasteiger partial charge on any atom is -0.349 e. The molecule has 1 aromatic heterocycles. The highest BCUT2D eigenvalue weighted by Crippen LogP contribution is 2.18. The maximum absolute atomic E-state index is 12.1. The monoisotopic (exact) mass is 292 g/mol. The summed E-state index contributed by atoms with van der Waals surface area (Å²) in [7, 11) is 0. The van der Waals surface area contributed by atoms with Crippen LogP contribution in [0.2, 0.25) is 0 Å². The molecule has 1 unspecified atom stereocenters. The van der Waals surface area contributed by atoms with Crippen LogP contribution in [0.3, 0.4) is 0 Å². The summed E-state index contributed by atoms with van der Waals surface area (Å²) in [5, 5.41) is 11.6. The van der Waals surface area contributed by atoms with Gasteiger partial charge in [0.15, 0.2) is 0 Å². The SMILES string of the molecule is N#Cc1ccc(CNC(=O)C2CCCN2C(=O)CN)s1. The molecule has 0 spiro atoms. The van der Waals surface area contributed by atoms with E-state index in [-0.39, 0.29) is 18.4 Å². The minimum atomic E-state index is -0.415. The highest BCUT2D eigenvalue weighted by atomic mass is 32.1. The predicted octanol–water partition coefficient (Wildman–Crippen LogP) is 0.186. The number of rotatable bonds is 4. The van der Waals surface area contributed by atoms with Gasteiger partial charge in [0, 0.05) is 11.4 Å². The largest absolute Gasteiger partial charge is 0.349 e. The molecule has 1 aliphatic heterocycles. The van der Waals surface area contributed by atoms with Crippen LogP contribution in [-0.4, -0.2) is 35.8 Å². The third kappa shape index (κ3) is 3.15. The Morgan fingerprint density at radius 3 is 3.00 bits per heavy atom. The topological polar surface area (TPSA) is 99.2 Å². The maximum Gasteiger partial charge on any atom is 0.243 e. The van der Waals surface area contributed by atoms with Gasteiger partial charge in [0.05, 0.1) is 13.1 Å². The maximum atomic E-state index is 12.1. The molecule has 0 saturated carbocycles. The number of likely N-dealkylation sites (tertiary alicyclic amines) is 1. The van der Waals surface area contributed by atoms with Crippen molar-refractivity contribution in [3.05, 3.63) is 21.9 Å². The van der Waals surface area contributed by atoms with Crippen molar-refractivity contribution in [2.75, 3.05) is 13.1 Å². The third-order valence-corrected chi connectivity index (χ3v) is 4.25. The molecule has 0 radical (unpaired) electrons. The van der Waals surface area contributed by atoms with E-state index in [2.05, 4.69) is 11.4 Å². The molecular weight excluding hydrogens is 276 g/mol. The Labute approximate surface area is 121 Å². The van der Waals surface area contributed by atoms with Gasteiger partial charge < -0.3 is 16.0 Å². The molecule has 0 aliphatic carbocycles. The molecule has 1 aromatic rings. The average Bonchev–Trinajstić information content (AvgIpc) is 3.12. The summed E-state index contributed by atoms with van der Waals surface area (Å²) < 4.78 is 0. The lowest BCUT2D eigenvalue weighted by molar-refractivity contribution is -0.137. The molecular formula is C13H16N4O2S. The van der Waals surface area contributed by atoms with Crippen LogP contribution in [0.5, 0.6) is 0 Å². The van der Waals surface area contributed by atoms with Gasteiger partial charge in [-0.25, -0.2) is 0 Å². The molecule has 2 heterocycles. The quantitative estimate of drug-likeness (QED) is 0.827. The van der Waals surface area contributed by atoms with Crippen molar-refractivity contribution in [2.24, 2.45) is 5.73 Å². The van der Waals surface area contributed by atoms with Crippen molar-refractivity contribution in [1.82, 2.24) is 10.2 Å². The predicted molar refractivity (Wildman–Crippen MR) is 74.7 cm³/mol. The first-order chi connectivity index (χ1) is 9.65. The van der Waals surface area contributed by atoms with Gasteiger partial charge >= 0.3 is 0 Å². The number of nitrogens with two attached hydrogens (primary N) is 1. The number of thiophene rings is 1. The van der Waals surface area contributed by atoms with Gasteiger partial charge in [0.1, 0.15) is 17.0 Å². The molecule has 1 fully saturated rings. The summed E-state index contributed by atoms with van der Waals surface area (Å²) >= 11 is 1.35. The molecule has 7 heteroatoms. The second-order valence-electron chi connectivity index (χ2n) is 4.54. The van der Waals surface area contributed by atoms with Gasteiger partial charge in [-0.1, -0.05) is 0 Å². The van der Waals surface area contributed by atoms with Crippen molar-refractivity contribution in [3.8, 4) is 6.07 Å². The molecule has 2 amide bonds. The fourth-order valence-electron chi connectivity index (χ4n) is 2.28. The molecule has 106 valence electrons. The molecule has 1 saturated heterocycles. The number of hydrogen-bond acceptors (Lipinski definition) is 5. The summed E-state index contributed by atoms with van der Waals surface area (Å²) in [6, 6.07) is 5.19. The molecule has 2 rings (SSSR count). The van der Waals surface area contributed by atoms with E-state index < -0.39 is 6.04 Å². The zero-order chi connectivity index (χ0) is 14.5. The van der Waals surface area contributed by atoms with Crippen molar-refractivity contribution in [2.45, 2.75) is 25.4 Å². The highest BCUT2D eigenvalue weighted by molar-refractivity contribution is 7.12. The second kappa shape index (κ2) is 6.50. The van der Waals surface area contributed by atoms with Crippen LogP contribution in [0.15, 0.2) is 12.1 Å². The first kappa shape index (κ1) is 14.5. The Morgan fingerprint density at radius 2 is 2.35 bits per heavy atom. The van der Waals surface area contributed by atoms with E-state index in [1.165, 1.54) is 11.3 Å². The molecule has 0 aromatic carbocycles. The lowest BCUT2D eigenvalue weighted by Crippen LogP contribution is -2.47. The van der Waals surface area contributed by atoms with Crippen molar-refractivity contribution < 1.29 is 9.59 Å². The summed E-state index contributed by atoms with van der Waals surface area (Å²) in [4.78, 5) is 26.8. The number of nitrogens with zero attached hydrogens (tertiary/aromatic N) is 2. The van der Waals surface area contributed by atoms with Gasteiger partial charge in [-0.15, -0.1) is 11.3 Å². The lowest BCUT2D eigenvalue weighted by Gasteiger charge is -2.23. The van der Waals surface area contributed by atoms with E-state index in [1.807, 2.05) is 6.07 Å². The van der Waals surface area contributed by atoms with E-state index in [0.717, 1.165) is 11.3 Å². The normalized spacial score (nSPS) is 17.8. The van der Waals surface area contributed by atoms with E-state index in [4.69, 9.17) is 11.0 Å². The highest BCUT2D eigenvalue weighted by Gasteiger charge is 2.33. The van der Waals surface area contributed by atoms with Crippen LogP contribution in [-0.2, 0) is 16.1 Å². The molecule has 0 bridgehead atoms. The Bertz CT molecular complexity index is 549. The van der Waals surface area contributed by atoms with Crippen LogP contribution in [0.4, 0.5) is 0 Å². The number of nitriles is 1. The fraction of sp³-hybridized carbons (Fsp3) is 0.462. The van der Waals surface area contributed by atoms with Gasteiger partial charge in [-0.2, -0.15) is 5.26 Å². The molecule has 1 aliphatic rings. The van der Waals surface area contributed by atoms with Crippen molar-refractivity contribution >= 4 is 23.2 Å². The minimum absolute atomic E-state index is 0.0692. The van der Waals surface area contributed by atoms with Crippen molar-refractivity contribution in [3.63, 3.8) is 0 Å². The van der Waals surface area contributed by atoms with E-state index in [1.54, 1.807) is 11.0 Å². The van der Waals surface area contributed by atoms with Gasteiger partial charge in [-0.05, 0) is 25.0 Å². The Balaban J connectivity index is 1.91. The molecule has 3 N–H and O–H groups in total. The zero-order valence-electron chi connectivity index (χ0n) is 11.0. The van der Waals surface area contributed by atoms with E-state index in [9.17, 15) is 9.59 Å². The van der Waals surface area contributed by atoms with Crippen LogP contribution in [0, 0.1) is 11.3 Å². The summed E-state index contributed by atoms with van der Waals surface area (Å²) in [6.07, 6.45) is 1.49. The number of hydrogen-bond donors (Lipinski definition) is 2. The first-order valence-corrected chi connectivity index (χ1v) is 7.23. The lowest BCUT2D eigenvalue weighted by atomic mass is 10.2. The molecule has 1 atom stereocenters. The number of carbonyl (C=O) groups excluding carboxylic acids is 2. The number of amides is 2. The van der Waals surface area contributed by atoms with Gasteiger partial charge in [-0.3, -0.25) is 9.59 Å². The summed E-state index contributed by atoms with van der Waals surface area (Å²) in [5.41, 5.74) is 5.35. The Kier molecular flexibility index (Phi) is 4.71. The van der Waals surface area contributed by atoms with E-state index in [0.29, 0.717) is 24.4 Å². The smallest absolute Gasteiger partial charge is 0.243 e. The van der Waals surface area contributed by atoms with E-state index >= 15 is 0 Å². The van der Waals surface area contributed by atoms with Gasteiger partial charge in [0.2, 0.25) is 11.8 Å². The summed E-state index contributed by atoms with van der Waals surface area (Å²) in [6.45, 7) is 0.901. The first-order valence-electron chi connectivity index (χ1n) is 6.41. The second-order valence-corrected chi connectivity index (χ2v) is 5.71. The Hall–Kier alpha value is -1.91. The summed E-state index contributed by atoms with van der Waals surface area (Å²) in [5.74, 6) is -0.346. The molecule has 6 nitrogen and oxygen atoms in total. The van der Waals surface area contributed by atoms with Crippen LogP contribution in [0.25, 0.3) is 0 Å². The fourth-order valence-corrected chi connectivity index (χ4v) is 3.02. The van der Waals surface area contributed by atoms with Crippen molar-refractivity contribution in [1.29, 1.82) is 5.26 Å². The van der Waals surface area contributed by atoms with Crippen LogP contribution < -0.4 is 11.1 Å². The molecule has 20 heavy (non-hydrogen) atoms.